The van der Waals surface area contributed by atoms with Crippen LogP contribution in [0.1, 0.15) is 36.1 Å². The summed E-state index contributed by atoms with van der Waals surface area (Å²) in [7, 11) is 0. The minimum absolute atomic E-state index is 0.0269. The van der Waals surface area contributed by atoms with Crippen molar-refractivity contribution in [2.75, 3.05) is 11.1 Å². The molecule has 1 atom stereocenters. The lowest BCUT2D eigenvalue weighted by Crippen LogP contribution is -2.34. The number of carbonyl (C=O) groups is 2. The van der Waals surface area contributed by atoms with E-state index < -0.39 is 6.04 Å². The molecule has 0 unspecified atom stereocenters. The molecule has 12 heteroatoms. The predicted octanol–water partition coefficient (Wildman–Crippen LogP) is 6.94. The number of thioether (sulfide) groups is 1. The number of nitrogens with zero attached hydrogens (tertiary/aromatic N) is 3. The molecular formula is C24H23Cl4N5O2S. The van der Waals surface area contributed by atoms with Crippen LogP contribution in [0.3, 0.4) is 0 Å². The Morgan fingerprint density at radius 2 is 1.72 bits per heavy atom. The van der Waals surface area contributed by atoms with Crippen LogP contribution in [-0.4, -0.2) is 32.3 Å². The van der Waals surface area contributed by atoms with Gasteiger partial charge >= 0.3 is 0 Å². The number of halogens is 4. The molecule has 1 aromatic heterocycles. The maximum Gasteiger partial charge on any atom is 0.253 e. The first-order valence-electron chi connectivity index (χ1n) is 10.8. The normalized spacial score (nSPS) is 11.9. The van der Waals surface area contributed by atoms with Gasteiger partial charge < -0.3 is 15.2 Å². The number of rotatable bonds is 10. The summed E-state index contributed by atoms with van der Waals surface area (Å²) in [5, 5.41) is 16.4. The molecule has 190 valence electrons. The summed E-state index contributed by atoms with van der Waals surface area (Å²) >= 11 is 25.4. The Kier molecular flexibility index (Phi) is 10.1. The molecule has 0 saturated carbocycles. The van der Waals surface area contributed by atoms with Crippen LogP contribution in [0.5, 0.6) is 0 Å². The monoisotopic (exact) mass is 585 g/mol. The van der Waals surface area contributed by atoms with E-state index in [2.05, 4.69) is 27.4 Å². The van der Waals surface area contributed by atoms with Gasteiger partial charge in [0.15, 0.2) is 11.0 Å². The summed E-state index contributed by atoms with van der Waals surface area (Å²) in [5.74, 6) is -0.0669. The maximum absolute atomic E-state index is 13.0. The number of benzene rings is 2. The molecule has 0 saturated heterocycles. The second kappa shape index (κ2) is 12.8. The van der Waals surface area contributed by atoms with Crippen molar-refractivity contribution in [3.05, 3.63) is 80.5 Å². The van der Waals surface area contributed by atoms with Crippen LogP contribution in [0.25, 0.3) is 0 Å². The van der Waals surface area contributed by atoms with Gasteiger partial charge in [0.1, 0.15) is 0 Å². The number of hydrogen-bond donors (Lipinski definition) is 2. The highest BCUT2D eigenvalue weighted by atomic mass is 35.5. The average molecular weight is 587 g/mol. The van der Waals surface area contributed by atoms with E-state index in [1.165, 1.54) is 17.8 Å². The Labute approximate surface area is 233 Å². The third-order valence-corrected chi connectivity index (χ3v) is 7.06. The van der Waals surface area contributed by atoms with Crippen molar-refractivity contribution >= 4 is 75.7 Å². The maximum atomic E-state index is 13.0. The number of allylic oxidation sites excluding steroid dienone is 1. The molecule has 0 aliphatic rings. The molecule has 0 aliphatic heterocycles. The van der Waals surface area contributed by atoms with Crippen molar-refractivity contribution in [2.24, 2.45) is 5.92 Å². The number of nitrogens with one attached hydrogen (secondary N) is 2. The predicted molar refractivity (Wildman–Crippen MR) is 148 cm³/mol. The van der Waals surface area contributed by atoms with Crippen molar-refractivity contribution in [1.29, 1.82) is 0 Å². The first kappa shape index (κ1) is 28.3. The molecule has 1 heterocycles. The average Bonchev–Trinajstić information content (AvgIpc) is 3.20. The lowest BCUT2D eigenvalue weighted by atomic mass is 10.0. The number of amides is 2. The van der Waals surface area contributed by atoms with Gasteiger partial charge in [-0.05, 0) is 42.3 Å². The Hall–Kier alpha value is -2.23. The van der Waals surface area contributed by atoms with Crippen LogP contribution in [0, 0.1) is 5.92 Å². The van der Waals surface area contributed by atoms with Gasteiger partial charge in [0.2, 0.25) is 5.91 Å². The molecule has 2 aromatic carbocycles. The highest BCUT2D eigenvalue weighted by Crippen LogP contribution is 2.28. The Balaban J connectivity index is 1.77. The lowest BCUT2D eigenvalue weighted by molar-refractivity contribution is -0.113. The Morgan fingerprint density at radius 3 is 2.33 bits per heavy atom. The smallest absolute Gasteiger partial charge is 0.253 e. The Morgan fingerprint density at radius 1 is 1.06 bits per heavy atom. The minimum atomic E-state index is -0.479. The highest BCUT2D eigenvalue weighted by Gasteiger charge is 2.27. The van der Waals surface area contributed by atoms with Gasteiger partial charge in [-0.3, -0.25) is 9.59 Å². The molecule has 3 rings (SSSR count). The number of anilines is 1. The Bertz CT molecular complexity index is 1280. The lowest BCUT2D eigenvalue weighted by Gasteiger charge is -2.23. The van der Waals surface area contributed by atoms with E-state index in [0.717, 1.165) is 0 Å². The van der Waals surface area contributed by atoms with E-state index in [-0.39, 0.29) is 28.5 Å². The van der Waals surface area contributed by atoms with Gasteiger partial charge in [-0.15, -0.1) is 16.8 Å². The number of hydrogen-bond acceptors (Lipinski definition) is 5. The van der Waals surface area contributed by atoms with E-state index in [1.54, 1.807) is 36.4 Å². The molecule has 2 amide bonds. The summed E-state index contributed by atoms with van der Waals surface area (Å²) in [6.07, 6.45) is 1.69. The third kappa shape index (κ3) is 7.17. The molecule has 0 fully saturated rings. The molecule has 0 aliphatic carbocycles. The second-order valence-electron chi connectivity index (χ2n) is 8.02. The fourth-order valence-electron chi connectivity index (χ4n) is 3.27. The largest absolute Gasteiger partial charge is 0.342 e. The molecule has 36 heavy (non-hydrogen) atoms. The zero-order chi connectivity index (χ0) is 26.4. The molecule has 0 bridgehead atoms. The van der Waals surface area contributed by atoms with Gasteiger partial charge in [-0.2, -0.15) is 0 Å². The second-order valence-corrected chi connectivity index (χ2v) is 10.7. The summed E-state index contributed by atoms with van der Waals surface area (Å²) in [4.78, 5) is 25.5. The van der Waals surface area contributed by atoms with Gasteiger partial charge in [-0.25, -0.2) is 0 Å². The van der Waals surface area contributed by atoms with Crippen LogP contribution in [-0.2, 0) is 11.3 Å². The van der Waals surface area contributed by atoms with E-state index in [0.29, 0.717) is 43.8 Å². The van der Waals surface area contributed by atoms with E-state index >= 15 is 0 Å². The molecule has 3 aromatic rings. The standard InChI is InChI=1S/C24H23Cl4N5O2S/c1-4-9-33-22(21(13(2)3)30-23(35)16-7-5-14(25)10-17(16)27)31-32-24(33)36-12-20(34)29-19-8-6-15(26)11-18(19)28/h4-8,10-11,13,21H,1,9,12H2,2-3H3,(H,29,34)(H,30,35)/t21-/m1/s1. The van der Waals surface area contributed by atoms with Crippen LogP contribution < -0.4 is 10.6 Å². The molecule has 0 radical (unpaired) electrons. The molecule has 0 spiro atoms. The first-order valence-corrected chi connectivity index (χ1v) is 13.3. The van der Waals surface area contributed by atoms with E-state index in [1.807, 2.05) is 18.4 Å². The van der Waals surface area contributed by atoms with Crippen molar-refractivity contribution < 1.29 is 9.59 Å². The van der Waals surface area contributed by atoms with Crippen molar-refractivity contribution in [1.82, 2.24) is 20.1 Å². The topological polar surface area (TPSA) is 88.9 Å². The molecule has 2 N–H and O–H groups in total. The van der Waals surface area contributed by atoms with Crippen LogP contribution >= 0.6 is 58.2 Å². The van der Waals surface area contributed by atoms with Gasteiger partial charge in [-0.1, -0.05) is 78.1 Å². The zero-order valence-corrected chi connectivity index (χ0v) is 23.2. The summed E-state index contributed by atoms with van der Waals surface area (Å²) in [6.45, 7) is 8.11. The quantitative estimate of drug-likeness (QED) is 0.198. The molecular weight excluding hydrogens is 564 g/mol. The number of carbonyl (C=O) groups excluding carboxylic acids is 2. The van der Waals surface area contributed by atoms with Gasteiger partial charge in [0.25, 0.3) is 5.91 Å². The van der Waals surface area contributed by atoms with Gasteiger partial charge in [0, 0.05) is 16.6 Å². The van der Waals surface area contributed by atoms with E-state index in [4.69, 9.17) is 46.4 Å². The summed E-state index contributed by atoms with van der Waals surface area (Å²) in [6, 6.07) is 9.03. The van der Waals surface area contributed by atoms with Crippen molar-refractivity contribution in [2.45, 2.75) is 31.6 Å². The van der Waals surface area contributed by atoms with Crippen LogP contribution in [0.2, 0.25) is 20.1 Å². The minimum Gasteiger partial charge on any atom is -0.342 e. The third-order valence-electron chi connectivity index (χ3n) is 5.00. The summed E-state index contributed by atoms with van der Waals surface area (Å²) < 4.78 is 1.81. The summed E-state index contributed by atoms with van der Waals surface area (Å²) in [5.41, 5.74) is 0.761. The van der Waals surface area contributed by atoms with Crippen LogP contribution in [0.15, 0.2) is 54.2 Å². The first-order chi connectivity index (χ1) is 17.1. The van der Waals surface area contributed by atoms with Gasteiger partial charge in [0.05, 0.1) is 33.1 Å². The zero-order valence-electron chi connectivity index (χ0n) is 19.4. The molecule has 7 nitrogen and oxygen atoms in total. The van der Waals surface area contributed by atoms with Crippen molar-refractivity contribution in [3.8, 4) is 0 Å². The number of aromatic nitrogens is 3. The SMILES string of the molecule is C=CCn1c(SCC(=O)Nc2ccc(Cl)cc2Cl)nnc1[C@H](NC(=O)c1ccc(Cl)cc1Cl)C(C)C. The fraction of sp³-hybridized carbons (Fsp3) is 0.250. The fourth-order valence-corrected chi connectivity index (χ4v) is 4.97. The van der Waals surface area contributed by atoms with Crippen LogP contribution in [0.4, 0.5) is 5.69 Å². The van der Waals surface area contributed by atoms with E-state index in [9.17, 15) is 9.59 Å². The highest BCUT2D eigenvalue weighted by molar-refractivity contribution is 7.99. The van der Waals surface area contributed by atoms with Crippen molar-refractivity contribution in [3.63, 3.8) is 0 Å².